The second kappa shape index (κ2) is 6.65. The number of ether oxygens (including phenoxy) is 1. The van der Waals surface area contributed by atoms with Gasteiger partial charge in [0, 0.05) is 18.0 Å². The molecule has 1 aliphatic carbocycles. The van der Waals surface area contributed by atoms with Gasteiger partial charge in [-0.25, -0.2) is 0 Å². The van der Waals surface area contributed by atoms with Crippen LogP contribution in [0, 0.1) is 0 Å². The van der Waals surface area contributed by atoms with Crippen molar-refractivity contribution < 1.29 is 4.74 Å². The van der Waals surface area contributed by atoms with Crippen molar-refractivity contribution in [1.82, 2.24) is 5.32 Å². The van der Waals surface area contributed by atoms with Crippen LogP contribution in [0.15, 0.2) is 0 Å². The topological polar surface area (TPSA) is 21.3 Å². The summed E-state index contributed by atoms with van der Waals surface area (Å²) in [6.45, 7) is 5.83. The largest absolute Gasteiger partial charge is 0.377 e. The van der Waals surface area contributed by atoms with Crippen molar-refractivity contribution in [3.8, 4) is 0 Å². The molecule has 2 unspecified atom stereocenters. The third kappa shape index (κ3) is 4.63. The molecule has 2 nitrogen and oxygen atoms in total. The molecule has 0 aromatic rings. The molecule has 0 aromatic carbocycles. The molecule has 1 aliphatic rings. The van der Waals surface area contributed by atoms with E-state index in [9.17, 15) is 0 Å². The molecule has 3 heteroatoms. The van der Waals surface area contributed by atoms with Crippen molar-refractivity contribution in [3.05, 3.63) is 0 Å². The molecule has 14 heavy (non-hydrogen) atoms. The Morgan fingerprint density at radius 2 is 2.07 bits per heavy atom. The van der Waals surface area contributed by atoms with Crippen LogP contribution in [0.25, 0.3) is 0 Å². The van der Waals surface area contributed by atoms with Crippen molar-refractivity contribution in [2.45, 2.75) is 57.1 Å². The summed E-state index contributed by atoms with van der Waals surface area (Å²) in [5.41, 5.74) is 0. The van der Waals surface area contributed by atoms with Gasteiger partial charge in [0.1, 0.15) is 0 Å². The molecule has 0 spiro atoms. The van der Waals surface area contributed by atoms with E-state index in [1.165, 1.54) is 19.3 Å². The Morgan fingerprint density at radius 1 is 1.36 bits per heavy atom. The Morgan fingerprint density at radius 3 is 2.71 bits per heavy atom. The molecule has 2 atom stereocenters. The molecule has 0 amide bonds. The van der Waals surface area contributed by atoms with Crippen molar-refractivity contribution in [2.24, 2.45) is 0 Å². The Bertz CT molecular complexity index is 152. The third-order valence-corrected chi connectivity index (χ3v) is 3.16. The number of hydrogen-bond donors (Lipinski definition) is 1. The molecule has 0 bridgehead atoms. The molecule has 84 valence electrons. The first-order valence-electron chi connectivity index (χ1n) is 5.69. The van der Waals surface area contributed by atoms with E-state index in [4.69, 9.17) is 16.3 Å². The summed E-state index contributed by atoms with van der Waals surface area (Å²) in [5.74, 6) is 0. The average Bonchev–Trinajstić information content (AvgIpc) is 2.15. The maximum absolute atomic E-state index is 6.22. The highest BCUT2D eigenvalue weighted by Gasteiger charge is 2.21. The van der Waals surface area contributed by atoms with E-state index in [1.807, 2.05) is 0 Å². The fraction of sp³-hybridized carbons (Fsp3) is 1.00. The molecule has 1 N–H and O–H groups in total. The van der Waals surface area contributed by atoms with Crippen LogP contribution in [0.5, 0.6) is 0 Å². The maximum Gasteiger partial charge on any atom is 0.0594 e. The lowest BCUT2D eigenvalue weighted by Gasteiger charge is -2.28. The van der Waals surface area contributed by atoms with Gasteiger partial charge in [-0.15, -0.1) is 11.6 Å². The number of rotatable bonds is 5. The van der Waals surface area contributed by atoms with Gasteiger partial charge in [-0.3, -0.25) is 0 Å². The van der Waals surface area contributed by atoms with Crippen molar-refractivity contribution >= 4 is 11.6 Å². The lowest BCUT2D eigenvalue weighted by atomic mass is 9.95. The first-order chi connectivity index (χ1) is 6.70. The number of hydrogen-bond acceptors (Lipinski definition) is 2. The van der Waals surface area contributed by atoms with Gasteiger partial charge in [0.25, 0.3) is 0 Å². The number of halogens is 1. The molecule has 0 aliphatic heterocycles. The number of nitrogens with one attached hydrogen (secondary N) is 1. The summed E-state index contributed by atoms with van der Waals surface area (Å²) in [5, 5.41) is 3.79. The minimum atomic E-state index is 0.322. The highest BCUT2D eigenvalue weighted by molar-refractivity contribution is 6.21. The summed E-state index contributed by atoms with van der Waals surface area (Å²) in [6.07, 6.45) is 5.30. The Kier molecular flexibility index (Phi) is 5.83. The van der Waals surface area contributed by atoms with Gasteiger partial charge < -0.3 is 10.1 Å². The fourth-order valence-corrected chi connectivity index (χ4v) is 2.22. The van der Waals surface area contributed by atoms with Gasteiger partial charge in [0.2, 0.25) is 0 Å². The average molecular weight is 220 g/mol. The predicted octanol–water partition coefficient (Wildman–Crippen LogP) is 2.55. The van der Waals surface area contributed by atoms with E-state index >= 15 is 0 Å². The van der Waals surface area contributed by atoms with Crippen molar-refractivity contribution in [1.29, 1.82) is 0 Å². The normalized spacial score (nSPS) is 28.3. The molecule has 0 radical (unpaired) electrons. The maximum atomic E-state index is 6.22. The summed E-state index contributed by atoms with van der Waals surface area (Å²) in [6, 6.07) is 0.501. The van der Waals surface area contributed by atoms with Crippen molar-refractivity contribution in [3.63, 3.8) is 0 Å². The minimum Gasteiger partial charge on any atom is -0.377 e. The second-order valence-corrected chi connectivity index (χ2v) is 4.84. The summed E-state index contributed by atoms with van der Waals surface area (Å²) in [4.78, 5) is 0. The van der Waals surface area contributed by atoms with Gasteiger partial charge in [-0.1, -0.05) is 12.8 Å². The van der Waals surface area contributed by atoms with Crippen LogP contribution in [0.1, 0.15) is 39.5 Å². The van der Waals surface area contributed by atoms with Crippen LogP contribution in [-0.2, 0) is 4.74 Å². The van der Waals surface area contributed by atoms with Gasteiger partial charge in [-0.2, -0.15) is 0 Å². The van der Waals surface area contributed by atoms with E-state index in [1.54, 1.807) is 0 Å². The molecule has 0 saturated heterocycles. The first kappa shape index (κ1) is 12.3. The second-order valence-electron chi connectivity index (χ2n) is 4.28. The quantitative estimate of drug-likeness (QED) is 0.567. The van der Waals surface area contributed by atoms with Gasteiger partial charge >= 0.3 is 0 Å². The molecular formula is C11H22ClNO. The van der Waals surface area contributed by atoms with Gasteiger partial charge in [0.05, 0.1) is 12.7 Å². The van der Waals surface area contributed by atoms with Gasteiger partial charge in [0.15, 0.2) is 0 Å². The molecule has 1 fully saturated rings. The van der Waals surface area contributed by atoms with Crippen LogP contribution in [-0.4, -0.2) is 30.7 Å². The highest BCUT2D eigenvalue weighted by atomic mass is 35.5. The standard InChI is InChI=1S/C11H22ClNO/c1-9(2)14-8-7-13-11-6-4-3-5-10(11)12/h9-11,13H,3-8H2,1-2H3. The molecule has 0 aromatic heterocycles. The van der Waals surface area contributed by atoms with Crippen LogP contribution in [0.3, 0.4) is 0 Å². The van der Waals surface area contributed by atoms with E-state index in [0.29, 0.717) is 17.5 Å². The predicted molar refractivity (Wildman–Crippen MR) is 61.0 cm³/mol. The Hall–Kier alpha value is 0.210. The van der Waals surface area contributed by atoms with Crippen LogP contribution < -0.4 is 5.32 Å². The lowest BCUT2D eigenvalue weighted by Crippen LogP contribution is -2.41. The van der Waals surface area contributed by atoms with E-state index in [-0.39, 0.29) is 0 Å². The Balaban J connectivity index is 2.04. The lowest BCUT2D eigenvalue weighted by molar-refractivity contribution is 0.0786. The van der Waals surface area contributed by atoms with Crippen LogP contribution in [0.4, 0.5) is 0 Å². The monoisotopic (exact) mass is 219 g/mol. The van der Waals surface area contributed by atoms with Crippen LogP contribution in [0.2, 0.25) is 0 Å². The van der Waals surface area contributed by atoms with E-state index in [2.05, 4.69) is 19.2 Å². The summed E-state index contributed by atoms with van der Waals surface area (Å²) < 4.78 is 5.46. The zero-order chi connectivity index (χ0) is 10.4. The minimum absolute atomic E-state index is 0.322. The molecule has 1 rings (SSSR count). The zero-order valence-corrected chi connectivity index (χ0v) is 10.0. The summed E-state index contributed by atoms with van der Waals surface area (Å²) >= 11 is 6.22. The van der Waals surface area contributed by atoms with E-state index in [0.717, 1.165) is 19.6 Å². The molecular weight excluding hydrogens is 198 g/mol. The number of alkyl halides is 1. The Labute approximate surface area is 92.3 Å². The smallest absolute Gasteiger partial charge is 0.0594 e. The van der Waals surface area contributed by atoms with Crippen molar-refractivity contribution in [2.75, 3.05) is 13.2 Å². The SMILES string of the molecule is CC(C)OCCNC1CCCCC1Cl. The summed E-state index contributed by atoms with van der Waals surface area (Å²) in [7, 11) is 0. The zero-order valence-electron chi connectivity index (χ0n) is 9.26. The van der Waals surface area contributed by atoms with E-state index < -0.39 is 0 Å². The van der Waals surface area contributed by atoms with Gasteiger partial charge in [-0.05, 0) is 26.7 Å². The molecule has 0 heterocycles. The van der Waals surface area contributed by atoms with Crippen LogP contribution >= 0.6 is 11.6 Å². The molecule has 1 saturated carbocycles. The fourth-order valence-electron chi connectivity index (χ4n) is 1.85. The first-order valence-corrected chi connectivity index (χ1v) is 6.13. The highest BCUT2D eigenvalue weighted by Crippen LogP contribution is 2.22. The third-order valence-electron chi connectivity index (χ3n) is 2.64.